The Morgan fingerprint density at radius 1 is 1.58 bits per heavy atom. The van der Waals surface area contributed by atoms with Crippen LogP contribution in [0.4, 0.5) is 0 Å². The molecule has 1 aliphatic carbocycles. The molecule has 0 aliphatic heterocycles. The van der Waals surface area contributed by atoms with Crippen LogP contribution in [-0.4, -0.2) is 37.5 Å². The van der Waals surface area contributed by atoms with Gasteiger partial charge in [0.2, 0.25) is 5.91 Å². The number of nitrogens with zero attached hydrogens (tertiary/aromatic N) is 1. The molecule has 3 unspecified atom stereocenters. The minimum absolute atomic E-state index is 0.0639. The highest BCUT2D eigenvalue weighted by Crippen LogP contribution is 2.24. The Morgan fingerprint density at radius 2 is 2.37 bits per heavy atom. The SMILES string of the molecule is CN(C)C(CNC(=O)C1CCC(N)C1)c1ccco1. The number of rotatable bonds is 5. The highest BCUT2D eigenvalue weighted by molar-refractivity contribution is 5.79. The standard InChI is InChI=1S/C14H23N3O2/c1-17(2)12(13-4-3-7-19-13)9-16-14(18)10-5-6-11(15)8-10/h3-4,7,10-12H,5-6,8-9,15H2,1-2H3,(H,16,18). The molecule has 1 aromatic rings. The highest BCUT2D eigenvalue weighted by atomic mass is 16.3. The monoisotopic (exact) mass is 265 g/mol. The number of likely N-dealkylation sites (N-methyl/N-ethyl adjacent to an activating group) is 1. The zero-order valence-corrected chi connectivity index (χ0v) is 11.6. The van der Waals surface area contributed by atoms with E-state index >= 15 is 0 Å². The lowest BCUT2D eigenvalue weighted by Crippen LogP contribution is -2.37. The Labute approximate surface area is 114 Å². The molecule has 3 N–H and O–H groups in total. The Balaban J connectivity index is 1.87. The topological polar surface area (TPSA) is 71.5 Å². The molecule has 2 rings (SSSR count). The molecule has 106 valence electrons. The van der Waals surface area contributed by atoms with Crippen molar-refractivity contribution >= 4 is 5.91 Å². The normalized spacial score (nSPS) is 24.6. The molecule has 1 fully saturated rings. The largest absolute Gasteiger partial charge is 0.468 e. The molecule has 1 aliphatic rings. The summed E-state index contributed by atoms with van der Waals surface area (Å²) in [4.78, 5) is 14.1. The van der Waals surface area contributed by atoms with Crippen molar-refractivity contribution in [1.82, 2.24) is 10.2 Å². The van der Waals surface area contributed by atoms with Crippen LogP contribution in [0.2, 0.25) is 0 Å². The predicted octanol–water partition coefficient (Wildman–Crippen LogP) is 1.13. The lowest BCUT2D eigenvalue weighted by atomic mass is 10.1. The third kappa shape index (κ3) is 3.58. The van der Waals surface area contributed by atoms with Crippen LogP contribution < -0.4 is 11.1 Å². The van der Waals surface area contributed by atoms with Gasteiger partial charge in [0.25, 0.3) is 0 Å². The van der Waals surface area contributed by atoms with E-state index < -0.39 is 0 Å². The van der Waals surface area contributed by atoms with E-state index in [2.05, 4.69) is 5.32 Å². The van der Waals surface area contributed by atoms with Gasteiger partial charge in [-0.3, -0.25) is 9.69 Å². The first-order valence-electron chi connectivity index (χ1n) is 6.81. The summed E-state index contributed by atoms with van der Waals surface area (Å²) in [5.74, 6) is 1.06. The number of furan rings is 1. The fourth-order valence-electron chi connectivity index (χ4n) is 2.61. The molecular formula is C14H23N3O2. The molecular weight excluding hydrogens is 242 g/mol. The molecule has 0 bridgehead atoms. The van der Waals surface area contributed by atoms with Gasteiger partial charge in [0.15, 0.2) is 0 Å². The van der Waals surface area contributed by atoms with Crippen LogP contribution in [0.3, 0.4) is 0 Å². The van der Waals surface area contributed by atoms with Crippen LogP contribution in [0.15, 0.2) is 22.8 Å². The molecule has 19 heavy (non-hydrogen) atoms. The van der Waals surface area contributed by atoms with Crippen molar-refractivity contribution in [3.05, 3.63) is 24.2 Å². The number of hydrogen-bond donors (Lipinski definition) is 2. The molecule has 0 aromatic carbocycles. The third-order valence-electron chi connectivity index (χ3n) is 3.81. The Bertz CT molecular complexity index is 403. The van der Waals surface area contributed by atoms with E-state index in [1.807, 2.05) is 31.1 Å². The zero-order chi connectivity index (χ0) is 13.8. The summed E-state index contributed by atoms with van der Waals surface area (Å²) in [5.41, 5.74) is 5.84. The Morgan fingerprint density at radius 3 is 2.89 bits per heavy atom. The second-order valence-electron chi connectivity index (χ2n) is 5.51. The van der Waals surface area contributed by atoms with Crippen LogP contribution in [0.25, 0.3) is 0 Å². The van der Waals surface area contributed by atoms with Crippen molar-refractivity contribution in [2.24, 2.45) is 11.7 Å². The van der Waals surface area contributed by atoms with E-state index in [4.69, 9.17) is 10.2 Å². The summed E-state index contributed by atoms with van der Waals surface area (Å²) in [6.07, 6.45) is 4.32. The summed E-state index contributed by atoms with van der Waals surface area (Å²) in [5, 5.41) is 3.02. The van der Waals surface area contributed by atoms with Crippen molar-refractivity contribution < 1.29 is 9.21 Å². The molecule has 1 amide bonds. The van der Waals surface area contributed by atoms with Gasteiger partial charge in [-0.1, -0.05) is 0 Å². The maximum Gasteiger partial charge on any atom is 0.223 e. The van der Waals surface area contributed by atoms with Crippen LogP contribution in [0, 0.1) is 5.92 Å². The van der Waals surface area contributed by atoms with Gasteiger partial charge in [0, 0.05) is 18.5 Å². The van der Waals surface area contributed by atoms with E-state index in [1.165, 1.54) is 0 Å². The van der Waals surface area contributed by atoms with Crippen LogP contribution >= 0.6 is 0 Å². The minimum atomic E-state index is 0.0639. The van der Waals surface area contributed by atoms with Crippen LogP contribution in [0.5, 0.6) is 0 Å². The van der Waals surface area contributed by atoms with Gasteiger partial charge in [0.1, 0.15) is 5.76 Å². The van der Waals surface area contributed by atoms with Gasteiger partial charge >= 0.3 is 0 Å². The number of amides is 1. The van der Waals surface area contributed by atoms with E-state index in [1.54, 1.807) is 6.26 Å². The van der Waals surface area contributed by atoms with E-state index in [0.29, 0.717) is 6.54 Å². The minimum Gasteiger partial charge on any atom is -0.468 e. The lowest BCUT2D eigenvalue weighted by Gasteiger charge is -2.23. The third-order valence-corrected chi connectivity index (χ3v) is 3.81. The van der Waals surface area contributed by atoms with Gasteiger partial charge < -0.3 is 15.5 Å². The maximum atomic E-state index is 12.1. The number of nitrogens with one attached hydrogen (secondary N) is 1. The van der Waals surface area contributed by atoms with Gasteiger partial charge in [-0.2, -0.15) is 0 Å². The second-order valence-corrected chi connectivity index (χ2v) is 5.51. The summed E-state index contributed by atoms with van der Waals surface area (Å²) in [6, 6.07) is 4.05. The Hall–Kier alpha value is -1.33. The van der Waals surface area contributed by atoms with Crippen molar-refractivity contribution in [1.29, 1.82) is 0 Å². The van der Waals surface area contributed by atoms with Gasteiger partial charge in [0.05, 0.1) is 12.3 Å². The van der Waals surface area contributed by atoms with Gasteiger partial charge in [-0.05, 0) is 45.5 Å². The first-order valence-corrected chi connectivity index (χ1v) is 6.81. The number of nitrogens with two attached hydrogens (primary N) is 1. The molecule has 0 spiro atoms. The molecule has 1 saturated carbocycles. The number of hydrogen-bond acceptors (Lipinski definition) is 4. The van der Waals surface area contributed by atoms with Crippen molar-refractivity contribution in [3.8, 4) is 0 Å². The second kappa shape index (κ2) is 6.21. The fraction of sp³-hybridized carbons (Fsp3) is 0.643. The van der Waals surface area contributed by atoms with Crippen LogP contribution in [-0.2, 0) is 4.79 Å². The predicted molar refractivity (Wildman–Crippen MR) is 73.5 cm³/mol. The van der Waals surface area contributed by atoms with Gasteiger partial charge in [-0.15, -0.1) is 0 Å². The van der Waals surface area contributed by atoms with Crippen molar-refractivity contribution in [2.75, 3.05) is 20.6 Å². The maximum absolute atomic E-state index is 12.1. The summed E-state index contributed by atoms with van der Waals surface area (Å²) in [7, 11) is 3.95. The Kier molecular flexibility index (Phi) is 4.61. The van der Waals surface area contributed by atoms with Gasteiger partial charge in [-0.25, -0.2) is 0 Å². The molecule has 0 saturated heterocycles. The quantitative estimate of drug-likeness (QED) is 0.837. The fourth-order valence-corrected chi connectivity index (χ4v) is 2.61. The molecule has 5 nitrogen and oxygen atoms in total. The number of carbonyl (C=O) groups is 1. The first kappa shape index (κ1) is 14.1. The van der Waals surface area contributed by atoms with Crippen molar-refractivity contribution in [3.63, 3.8) is 0 Å². The van der Waals surface area contributed by atoms with Crippen LogP contribution in [0.1, 0.15) is 31.1 Å². The molecule has 1 heterocycles. The smallest absolute Gasteiger partial charge is 0.223 e. The average molecular weight is 265 g/mol. The molecule has 0 radical (unpaired) electrons. The first-order chi connectivity index (χ1) is 9.08. The number of carbonyl (C=O) groups excluding carboxylic acids is 1. The highest BCUT2D eigenvalue weighted by Gasteiger charge is 2.28. The van der Waals surface area contributed by atoms with E-state index in [0.717, 1.165) is 25.0 Å². The van der Waals surface area contributed by atoms with E-state index in [9.17, 15) is 4.79 Å². The summed E-state index contributed by atoms with van der Waals surface area (Å²) >= 11 is 0. The average Bonchev–Trinajstić information content (AvgIpc) is 3.00. The summed E-state index contributed by atoms with van der Waals surface area (Å²) < 4.78 is 5.42. The molecule has 5 heteroatoms. The van der Waals surface area contributed by atoms with Crippen molar-refractivity contribution in [2.45, 2.75) is 31.3 Å². The lowest BCUT2D eigenvalue weighted by molar-refractivity contribution is -0.125. The zero-order valence-electron chi connectivity index (χ0n) is 11.6. The molecule has 1 aromatic heterocycles. The summed E-state index contributed by atoms with van der Waals surface area (Å²) in [6.45, 7) is 0.561. The van der Waals surface area contributed by atoms with E-state index in [-0.39, 0.29) is 23.9 Å². The molecule has 3 atom stereocenters.